The van der Waals surface area contributed by atoms with E-state index in [1.54, 1.807) is 39.6 Å². The fourth-order valence-corrected chi connectivity index (χ4v) is 4.72. The van der Waals surface area contributed by atoms with E-state index in [2.05, 4.69) is 4.98 Å². The lowest BCUT2D eigenvalue weighted by molar-refractivity contribution is -0.00932. The molecule has 1 aromatic heterocycles. The number of ether oxygens (including phenoxy) is 1. The fraction of sp³-hybridized carbons (Fsp3) is 0.737. The molecule has 162 valence electrons. The normalized spacial score (nSPS) is 23.9. The molecule has 1 saturated carbocycles. The van der Waals surface area contributed by atoms with Crippen molar-refractivity contribution < 1.29 is 22.1 Å². The summed E-state index contributed by atoms with van der Waals surface area (Å²) in [7, 11) is -2.20. The summed E-state index contributed by atoms with van der Waals surface area (Å²) in [5.74, 6) is 0.437. The van der Waals surface area contributed by atoms with Crippen molar-refractivity contribution in [1.82, 2.24) is 14.5 Å². The van der Waals surface area contributed by atoms with Gasteiger partial charge in [0.25, 0.3) is 5.56 Å². The van der Waals surface area contributed by atoms with Crippen molar-refractivity contribution in [2.75, 3.05) is 13.3 Å². The smallest absolute Gasteiger partial charge is 0.410 e. The molecule has 10 heteroatoms. The summed E-state index contributed by atoms with van der Waals surface area (Å²) in [4.78, 5) is 32.2. The summed E-state index contributed by atoms with van der Waals surface area (Å²) in [6.45, 7) is 7.37. The number of fused-ring (bicyclic) bond motifs is 2. The summed E-state index contributed by atoms with van der Waals surface area (Å²) < 4.78 is 35.2. The van der Waals surface area contributed by atoms with Crippen LogP contribution in [0.3, 0.4) is 0 Å². The highest BCUT2D eigenvalue weighted by molar-refractivity contribution is 7.86. The molecular weight excluding hydrogens is 398 g/mol. The van der Waals surface area contributed by atoms with Crippen LogP contribution in [0.15, 0.2) is 4.79 Å². The molecule has 1 aliphatic carbocycles. The fourth-order valence-electron chi connectivity index (χ4n) is 4.23. The van der Waals surface area contributed by atoms with Crippen LogP contribution >= 0.6 is 0 Å². The number of amides is 1. The maximum absolute atomic E-state index is 13.1. The molecule has 3 heterocycles. The van der Waals surface area contributed by atoms with Crippen molar-refractivity contribution in [3.8, 4) is 5.75 Å². The third-order valence-electron chi connectivity index (χ3n) is 5.63. The zero-order chi connectivity index (χ0) is 21.8. The predicted molar refractivity (Wildman–Crippen MR) is 106 cm³/mol. The van der Waals surface area contributed by atoms with Crippen molar-refractivity contribution in [2.24, 2.45) is 5.92 Å². The summed E-state index contributed by atoms with van der Waals surface area (Å²) >= 11 is 0. The summed E-state index contributed by atoms with van der Waals surface area (Å²) in [5, 5.41) is 0. The minimum atomic E-state index is -3.87. The number of nitrogens with zero attached hydrogens (tertiary/aromatic N) is 3. The Morgan fingerprint density at radius 3 is 2.38 bits per heavy atom. The average molecular weight is 428 g/mol. The second-order valence-corrected chi connectivity index (χ2v) is 10.6. The van der Waals surface area contributed by atoms with Crippen LogP contribution in [-0.2, 0) is 26.9 Å². The molecular formula is C19H29N3O6S. The van der Waals surface area contributed by atoms with E-state index >= 15 is 0 Å². The molecule has 0 spiro atoms. The van der Waals surface area contributed by atoms with Crippen molar-refractivity contribution in [1.29, 1.82) is 0 Å². The molecule has 1 amide bonds. The van der Waals surface area contributed by atoms with Gasteiger partial charge in [0.05, 0.1) is 11.9 Å². The van der Waals surface area contributed by atoms with E-state index < -0.39 is 32.9 Å². The standard InChI is InChI=1S/C19H29N3O6S/c1-12-14(28-29(6,25)26)15(23)22-11-13-7-9-19(10-8-13,16(22)20-12)21(5)17(24)27-18(2,3)4/h13H,7-11H2,1-6H3. The van der Waals surface area contributed by atoms with E-state index in [0.717, 1.165) is 19.1 Å². The van der Waals surface area contributed by atoms with Gasteiger partial charge in [0.1, 0.15) is 17.0 Å². The first-order valence-corrected chi connectivity index (χ1v) is 11.5. The van der Waals surface area contributed by atoms with E-state index in [1.807, 2.05) is 0 Å². The zero-order valence-corrected chi connectivity index (χ0v) is 18.6. The van der Waals surface area contributed by atoms with Crippen LogP contribution in [-0.4, -0.2) is 47.9 Å². The summed E-state index contributed by atoms with van der Waals surface area (Å²) in [6.07, 6.45) is 3.39. The monoisotopic (exact) mass is 427 g/mol. The molecule has 3 aliphatic rings. The molecule has 1 aromatic rings. The van der Waals surface area contributed by atoms with Gasteiger partial charge in [-0.05, 0) is 59.3 Å². The summed E-state index contributed by atoms with van der Waals surface area (Å²) in [5.41, 5.74) is -1.79. The van der Waals surface area contributed by atoms with Gasteiger partial charge in [-0.1, -0.05) is 0 Å². The number of carbonyl (C=O) groups excluding carboxylic acids is 1. The van der Waals surface area contributed by atoms with Gasteiger partial charge in [-0.15, -0.1) is 0 Å². The topological polar surface area (TPSA) is 108 Å². The highest BCUT2D eigenvalue weighted by Gasteiger charge is 2.49. The largest absolute Gasteiger partial charge is 0.444 e. The van der Waals surface area contributed by atoms with Gasteiger partial charge in [0.2, 0.25) is 5.75 Å². The number of hydrogen-bond acceptors (Lipinski definition) is 7. The molecule has 0 saturated heterocycles. The minimum Gasteiger partial charge on any atom is -0.444 e. The Morgan fingerprint density at radius 2 is 1.86 bits per heavy atom. The first-order chi connectivity index (χ1) is 13.2. The van der Waals surface area contributed by atoms with Gasteiger partial charge < -0.3 is 8.92 Å². The van der Waals surface area contributed by atoms with Crippen LogP contribution in [0.25, 0.3) is 0 Å². The molecule has 1 fully saturated rings. The second kappa shape index (κ2) is 7.00. The zero-order valence-electron chi connectivity index (χ0n) is 17.8. The first kappa shape index (κ1) is 21.6. The van der Waals surface area contributed by atoms with Crippen molar-refractivity contribution in [3.63, 3.8) is 0 Å². The third-order valence-corrected chi connectivity index (χ3v) is 6.10. The average Bonchev–Trinajstić information content (AvgIpc) is 2.83. The number of aryl methyl sites for hydroxylation is 1. The second-order valence-electron chi connectivity index (χ2n) is 9.07. The molecule has 2 aliphatic heterocycles. The van der Waals surface area contributed by atoms with Crippen molar-refractivity contribution >= 4 is 16.2 Å². The molecule has 0 N–H and O–H groups in total. The Kier molecular flexibility index (Phi) is 5.21. The summed E-state index contributed by atoms with van der Waals surface area (Å²) in [6, 6.07) is 0. The van der Waals surface area contributed by atoms with Crippen molar-refractivity contribution in [2.45, 2.75) is 71.1 Å². The SMILES string of the molecule is Cc1nc2n(c(=O)c1OS(C)(=O)=O)CC1CCC2(N(C)C(=O)OC(C)(C)C)CC1. The molecule has 0 aromatic carbocycles. The number of carbonyl (C=O) groups is 1. The molecule has 0 unspecified atom stereocenters. The lowest BCUT2D eigenvalue weighted by Crippen LogP contribution is -2.51. The van der Waals surface area contributed by atoms with Gasteiger partial charge in [0.15, 0.2) is 0 Å². The first-order valence-electron chi connectivity index (χ1n) is 9.72. The van der Waals surface area contributed by atoms with E-state index in [-0.39, 0.29) is 17.4 Å². The van der Waals surface area contributed by atoms with Crippen LogP contribution in [0.2, 0.25) is 0 Å². The number of aromatic nitrogens is 2. The highest BCUT2D eigenvalue weighted by Crippen LogP contribution is 2.46. The lowest BCUT2D eigenvalue weighted by atomic mass is 9.76. The van der Waals surface area contributed by atoms with Crippen LogP contribution in [0, 0.1) is 12.8 Å². The Balaban J connectivity index is 2.15. The molecule has 4 rings (SSSR count). The molecule has 2 bridgehead atoms. The van der Waals surface area contributed by atoms with E-state index in [4.69, 9.17) is 8.92 Å². The van der Waals surface area contributed by atoms with Crippen LogP contribution in [0.1, 0.15) is 58.0 Å². The molecule has 0 atom stereocenters. The Labute approximate surface area is 171 Å². The predicted octanol–water partition coefficient (Wildman–Crippen LogP) is 2.16. The highest BCUT2D eigenvalue weighted by atomic mass is 32.2. The number of rotatable bonds is 3. The third kappa shape index (κ3) is 4.12. The van der Waals surface area contributed by atoms with E-state index in [9.17, 15) is 18.0 Å². The van der Waals surface area contributed by atoms with E-state index in [1.165, 1.54) is 4.57 Å². The van der Waals surface area contributed by atoms with Gasteiger partial charge in [-0.2, -0.15) is 8.42 Å². The minimum absolute atomic E-state index is 0.189. The quantitative estimate of drug-likeness (QED) is 0.680. The Hall–Kier alpha value is -2.10. The molecule has 9 nitrogen and oxygen atoms in total. The Morgan fingerprint density at radius 1 is 1.28 bits per heavy atom. The van der Waals surface area contributed by atoms with Crippen molar-refractivity contribution in [3.05, 3.63) is 21.9 Å². The van der Waals surface area contributed by atoms with Gasteiger partial charge in [-0.3, -0.25) is 14.3 Å². The lowest BCUT2D eigenvalue weighted by Gasteiger charge is -2.43. The number of hydrogen-bond donors (Lipinski definition) is 0. The van der Waals surface area contributed by atoms with E-state index in [0.29, 0.717) is 25.2 Å². The maximum Gasteiger partial charge on any atom is 0.410 e. The van der Waals surface area contributed by atoms with Crippen LogP contribution in [0.4, 0.5) is 4.79 Å². The maximum atomic E-state index is 13.1. The molecule has 29 heavy (non-hydrogen) atoms. The van der Waals surface area contributed by atoms with Gasteiger partial charge in [0, 0.05) is 13.6 Å². The van der Waals surface area contributed by atoms with Crippen LogP contribution < -0.4 is 9.74 Å². The van der Waals surface area contributed by atoms with Gasteiger partial charge in [-0.25, -0.2) is 9.78 Å². The Bertz CT molecular complexity index is 984. The van der Waals surface area contributed by atoms with Gasteiger partial charge >= 0.3 is 16.2 Å². The van der Waals surface area contributed by atoms with Crippen LogP contribution in [0.5, 0.6) is 5.75 Å². The molecule has 0 radical (unpaired) electrons.